The molecule has 4 nitrogen and oxygen atoms in total. The molecule has 0 spiro atoms. The van der Waals surface area contributed by atoms with Gasteiger partial charge in [-0.1, -0.05) is 0 Å². The zero-order chi connectivity index (χ0) is 11.3. The standard InChI is InChI=1S/C11H18N2O2/c1-8(6-12)7-13-10-4-2-9(3-5-10)11(14)15/h6-7,9-10H,2-5,12H2,1H3,(H,14,15). The fourth-order valence-electron chi connectivity index (χ4n) is 1.74. The van der Waals surface area contributed by atoms with Crippen LogP contribution in [0.2, 0.25) is 0 Å². The van der Waals surface area contributed by atoms with Gasteiger partial charge in [0.2, 0.25) is 0 Å². The van der Waals surface area contributed by atoms with Crippen LogP contribution in [0.25, 0.3) is 0 Å². The summed E-state index contributed by atoms with van der Waals surface area (Å²) < 4.78 is 0. The molecule has 0 aliphatic heterocycles. The van der Waals surface area contributed by atoms with E-state index in [9.17, 15) is 4.79 Å². The van der Waals surface area contributed by atoms with Crippen molar-refractivity contribution in [2.24, 2.45) is 16.6 Å². The quantitative estimate of drug-likeness (QED) is 0.694. The molecule has 0 amide bonds. The summed E-state index contributed by atoms with van der Waals surface area (Å²) in [5.74, 6) is -0.835. The molecule has 0 aromatic carbocycles. The van der Waals surface area contributed by atoms with Crippen LogP contribution >= 0.6 is 0 Å². The second kappa shape index (κ2) is 5.53. The van der Waals surface area contributed by atoms with Gasteiger partial charge >= 0.3 is 5.97 Å². The molecular weight excluding hydrogens is 192 g/mol. The molecule has 0 unspecified atom stereocenters. The molecule has 0 aromatic rings. The van der Waals surface area contributed by atoms with Crippen LogP contribution in [-0.4, -0.2) is 23.3 Å². The SMILES string of the molecule is CC(C=NC1CCC(C(=O)O)CC1)=CN. The molecule has 0 saturated heterocycles. The van der Waals surface area contributed by atoms with E-state index in [1.165, 1.54) is 6.20 Å². The number of hydrogen-bond acceptors (Lipinski definition) is 3. The minimum absolute atomic E-state index is 0.164. The molecule has 1 aliphatic rings. The van der Waals surface area contributed by atoms with E-state index in [0.29, 0.717) is 0 Å². The number of carboxylic acid groups (broad SMARTS) is 1. The van der Waals surface area contributed by atoms with E-state index in [1.54, 1.807) is 6.21 Å². The van der Waals surface area contributed by atoms with Gasteiger partial charge in [0, 0.05) is 12.3 Å². The molecule has 1 saturated carbocycles. The highest BCUT2D eigenvalue weighted by Crippen LogP contribution is 2.26. The maximum atomic E-state index is 10.7. The number of aliphatic carboxylic acids is 1. The number of allylic oxidation sites excluding steroid dienone is 1. The molecule has 0 radical (unpaired) electrons. The number of nitrogens with two attached hydrogens (primary N) is 1. The highest BCUT2D eigenvalue weighted by Gasteiger charge is 2.24. The lowest BCUT2D eigenvalue weighted by molar-refractivity contribution is -0.142. The first-order valence-electron chi connectivity index (χ1n) is 5.28. The topological polar surface area (TPSA) is 75.7 Å². The molecule has 0 bridgehead atoms. The summed E-state index contributed by atoms with van der Waals surface area (Å²) in [6, 6.07) is 0.274. The van der Waals surface area contributed by atoms with Crippen molar-refractivity contribution in [1.29, 1.82) is 0 Å². The van der Waals surface area contributed by atoms with Gasteiger partial charge in [0.05, 0.1) is 5.92 Å². The molecule has 0 atom stereocenters. The number of hydrogen-bond donors (Lipinski definition) is 2. The first kappa shape index (κ1) is 11.8. The summed E-state index contributed by atoms with van der Waals surface area (Å²) in [5, 5.41) is 8.82. The van der Waals surface area contributed by atoms with Crippen LogP contribution in [0.3, 0.4) is 0 Å². The Hall–Kier alpha value is -1.32. The molecule has 3 N–H and O–H groups in total. The molecular formula is C11H18N2O2. The average molecular weight is 210 g/mol. The van der Waals surface area contributed by atoms with E-state index in [2.05, 4.69) is 4.99 Å². The van der Waals surface area contributed by atoms with Crippen LogP contribution in [0.5, 0.6) is 0 Å². The molecule has 1 rings (SSSR count). The van der Waals surface area contributed by atoms with Crippen molar-refractivity contribution in [2.75, 3.05) is 0 Å². The Morgan fingerprint density at radius 2 is 2.00 bits per heavy atom. The Bertz CT molecular complexity index is 276. The number of carboxylic acids is 1. The third-order valence-electron chi connectivity index (χ3n) is 2.80. The van der Waals surface area contributed by atoms with Crippen molar-refractivity contribution >= 4 is 12.2 Å². The summed E-state index contributed by atoms with van der Waals surface area (Å²) in [7, 11) is 0. The number of rotatable bonds is 3. The van der Waals surface area contributed by atoms with Crippen molar-refractivity contribution in [1.82, 2.24) is 0 Å². The lowest BCUT2D eigenvalue weighted by atomic mass is 9.86. The number of nitrogens with zero attached hydrogens (tertiary/aromatic N) is 1. The Morgan fingerprint density at radius 1 is 1.40 bits per heavy atom. The minimum Gasteiger partial charge on any atom is -0.481 e. The summed E-state index contributed by atoms with van der Waals surface area (Å²) >= 11 is 0. The van der Waals surface area contributed by atoms with E-state index >= 15 is 0 Å². The van der Waals surface area contributed by atoms with E-state index in [0.717, 1.165) is 31.3 Å². The fraction of sp³-hybridized carbons (Fsp3) is 0.636. The maximum absolute atomic E-state index is 10.7. The predicted octanol–water partition coefficient (Wildman–Crippen LogP) is 1.56. The first-order chi connectivity index (χ1) is 7.13. The zero-order valence-electron chi connectivity index (χ0n) is 9.02. The van der Waals surface area contributed by atoms with Crippen LogP contribution in [-0.2, 0) is 4.79 Å². The number of carbonyl (C=O) groups is 1. The fourth-order valence-corrected chi connectivity index (χ4v) is 1.74. The van der Waals surface area contributed by atoms with Crippen LogP contribution in [0, 0.1) is 5.92 Å². The van der Waals surface area contributed by atoms with Crippen molar-refractivity contribution in [3.8, 4) is 0 Å². The highest BCUT2D eigenvalue weighted by atomic mass is 16.4. The van der Waals surface area contributed by atoms with Gasteiger partial charge in [0.15, 0.2) is 0 Å². The van der Waals surface area contributed by atoms with E-state index in [-0.39, 0.29) is 12.0 Å². The largest absolute Gasteiger partial charge is 0.481 e. The third-order valence-corrected chi connectivity index (χ3v) is 2.80. The molecule has 1 fully saturated rings. The van der Waals surface area contributed by atoms with Crippen molar-refractivity contribution in [3.05, 3.63) is 11.8 Å². The van der Waals surface area contributed by atoms with Crippen molar-refractivity contribution in [3.63, 3.8) is 0 Å². The Balaban J connectivity index is 2.38. The average Bonchev–Trinajstić information content (AvgIpc) is 2.26. The van der Waals surface area contributed by atoms with Crippen LogP contribution in [0.15, 0.2) is 16.8 Å². The second-order valence-electron chi connectivity index (χ2n) is 4.03. The molecule has 84 valence electrons. The van der Waals surface area contributed by atoms with Crippen molar-refractivity contribution in [2.45, 2.75) is 38.6 Å². The van der Waals surface area contributed by atoms with E-state index in [1.807, 2.05) is 6.92 Å². The molecule has 0 aromatic heterocycles. The number of aliphatic imine (C=N–C) groups is 1. The third kappa shape index (κ3) is 3.73. The molecule has 15 heavy (non-hydrogen) atoms. The van der Waals surface area contributed by atoms with Crippen LogP contribution in [0.1, 0.15) is 32.6 Å². The van der Waals surface area contributed by atoms with Gasteiger partial charge in [-0.3, -0.25) is 9.79 Å². The Morgan fingerprint density at radius 3 is 2.47 bits per heavy atom. The maximum Gasteiger partial charge on any atom is 0.306 e. The van der Waals surface area contributed by atoms with Gasteiger partial charge in [0.1, 0.15) is 0 Å². The molecule has 1 aliphatic carbocycles. The lowest BCUT2D eigenvalue weighted by Crippen LogP contribution is -2.23. The molecule has 0 heterocycles. The molecule has 4 heteroatoms. The van der Waals surface area contributed by atoms with E-state index in [4.69, 9.17) is 10.8 Å². The van der Waals surface area contributed by atoms with E-state index < -0.39 is 5.97 Å². The minimum atomic E-state index is -0.671. The zero-order valence-corrected chi connectivity index (χ0v) is 9.02. The van der Waals surface area contributed by atoms with Gasteiger partial charge in [0.25, 0.3) is 0 Å². The summed E-state index contributed by atoms with van der Waals surface area (Å²) in [6.45, 7) is 1.90. The Kier molecular flexibility index (Phi) is 4.34. The normalized spacial score (nSPS) is 28.2. The van der Waals surface area contributed by atoms with Gasteiger partial charge in [-0.2, -0.15) is 0 Å². The second-order valence-corrected chi connectivity index (χ2v) is 4.03. The smallest absolute Gasteiger partial charge is 0.306 e. The summed E-state index contributed by atoms with van der Waals surface area (Å²) in [6.07, 6.45) is 6.50. The van der Waals surface area contributed by atoms with Crippen LogP contribution in [0.4, 0.5) is 0 Å². The summed E-state index contributed by atoms with van der Waals surface area (Å²) in [4.78, 5) is 15.1. The summed E-state index contributed by atoms with van der Waals surface area (Å²) in [5.41, 5.74) is 6.26. The lowest BCUT2D eigenvalue weighted by Gasteiger charge is -2.23. The van der Waals surface area contributed by atoms with Gasteiger partial charge in [-0.15, -0.1) is 0 Å². The van der Waals surface area contributed by atoms with Gasteiger partial charge in [-0.05, 0) is 44.4 Å². The van der Waals surface area contributed by atoms with Crippen molar-refractivity contribution < 1.29 is 9.90 Å². The Labute approximate surface area is 89.9 Å². The highest BCUT2D eigenvalue weighted by molar-refractivity contribution is 5.77. The van der Waals surface area contributed by atoms with Gasteiger partial charge in [-0.25, -0.2) is 0 Å². The first-order valence-corrected chi connectivity index (χ1v) is 5.28. The predicted molar refractivity (Wildman–Crippen MR) is 59.8 cm³/mol. The van der Waals surface area contributed by atoms with Gasteiger partial charge < -0.3 is 10.8 Å². The van der Waals surface area contributed by atoms with Crippen LogP contribution < -0.4 is 5.73 Å². The monoisotopic (exact) mass is 210 g/mol.